The maximum atomic E-state index is 9.40. The van der Waals surface area contributed by atoms with E-state index in [2.05, 4.69) is 9.97 Å². The number of halogens is 4. The minimum atomic E-state index is -0.753. The van der Waals surface area contributed by atoms with E-state index in [0.29, 0.717) is 16.9 Å². The number of hydrogen-bond acceptors (Lipinski definition) is 2. The Morgan fingerprint density at radius 1 is 1.06 bits per heavy atom. The molecule has 0 aliphatic rings. The molecule has 16 heavy (non-hydrogen) atoms. The molecule has 1 aromatic heterocycles. The summed E-state index contributed by atoms with van der Waals surface area (Å²) in [5.74, 6) is 0.358. The Balaban J connectivity index is 2.86. The van der Waals surface area contributed by atoms with Crippen molar-refractivity contribution in [2.24, 2.45) is 0 Å². The molecule has 1 atom stereocenters. The first kappa shape index (κ1) is 12.3. The van der Waals surface area contributed by atoms with E-state index in [1.54, 1.807) is 6.92 Å². The van der Waals surface area contributed by atoms with Gasteiger partial charge in [0.05, 0.1) is 25.6 Å². The number of aromatic amines is 1. The molecule has 0 spiro atoms. The third kappa shape index (κ3) is 1.77. The summed E-state index contributed by atoms with van der Waals surface area (Å²) < 4.78 is 0. The minimum Gasteiger partial charge on any atom is -0.385 e. The number of nitrogens with zero attached hydrogens (tertiary/aromatic N) is 1. The Hall–Kier alpha value is -0.190. The van der Waals surface area contributed by atoms with Crippen molar-refractivity contribution in [3.8, 4) is 0 Å². The van der Waals surface area contributed by atoms with Gasteiger partial charge >= 0.3 is 0 Å². The number of aliphatic hydroxyl groups is 1. The molecule has 86 valence electrons. The fraction of sp³-hybridized carbons (Fsp3) is 0.222. The second-order valence-electron chi connectivity index (χ2n) is 3.28. The van der Waals surface area contributed by atoms with Gasteiger partial charge in [-0.3, -0.25) is 0 Å². The summed E-state index contributed by atoms with van der Waals surface area (Å²) in [6, 6.07) is 0. The number of aromatic nitrogens is 2. The molecule has 2 aromatic rings. The zero-order valence-electron chi connectivity index (χ0n) is 7.98. The molecule has 7 heteroatoms. The van der Waals surface area contributed by atoms with Crippen molar-refractivity contribution in [3.05, 3.63) is 25.9 Å². The van der Waals surface area contributed by atoms with Gasteiger partial charge in [0.25, 0.3) is 0 Å². The molecule has 0 saturated carbocycles. The fourth-order valence-corrected chi connectivity index (χ4v) is 2.25. The average Bonchev–Trinajstić information content (AvgIpc) is 2.68. The third-order valence-electron chi connectivity index (χ3n) is 2.12. The predicted molar refractivity (Wildman–Crippen MR) is 66.8 cm³/mol. The van der Waals surface area contributed by atoms with Gasteiger partial charge in [0, 0.05) is 0 Å². The molecule has 1 unspecified atom stereocenters. The molecular weight excluding hydrogens is 294 g/mol. The monoisotopic (exact) mass is 298 g/mol. The average molecular weight is 300 g/mol. The smallest absolute Gasteiger partial charge is 0.136 e. The van der Waals surface area contributed by atoms with Crippen molar-refractivity contribution in [2.75, 3.05) is 0 Å². The topological polar surface area (TPSA) is 48.9 Å². The lowest BCUT2D eigenvalue weighted by Crippen LogP contribution is -1.92. The van der Waals surface area contributed by atoms with Gasteiger partial charge in [0.2, 0.25) is 0 Å². The summed E-state index contributed by atoms with van der Waals surface area (Å²) in [5, 5.41) is 10.2. The van der Waals surface area contributed by atoms with Gasteiger partial charge in [0.15, 0.2) is 0 Å². The van der Waals surface area contributed by atoms with Gasteiger partial charge < -0.3 is 10.1 Å². The van der Waals surface area contributed by atoms with Crippen LogP contribution in [0.1, 0.15) is 18.9 Å². The van der Waals surface area contributed by atoms with E-state index < -0.39 is 6.10 Å². The van der Waals surface area contributed by atoms with Crippen molar-refractivity contribution in [1.82, 2.24) is 9.97 Å². The largest absolute Gasteiger partial charge is 0.385 e. The molecular formula is C9H6Cl4N2O. The van der Waals surface area contributed by atoms with Gasteiger partial charge in [-0.2, -0.15) is 0 Å². The number of benzene rings is 1. The van der Waals surface area contributed by atoms with Crippen LogP contribution in [-0.2, 0) is 0 Å². The predicted octanol–water partition coefficient (Wildman–Crippen LogP) is 4.23. The van der Waals surface area contributed by atoms with E-state index in [0.717, 1.165) is 0 Å². The summed E-state index contributed by atoms with van der Waals surface area (Å²) in [6.07, 6.45) is -0.753. The Bertz CT molecular complexity index is 519. The van der Waals surface area contributed by atoms with Gasteiger partial charge in [-0.05, 0) is 6.92 Å². The van der Waals surface area contributed by atoms with E-state index in [9.17, 15) is 5.11 Å². The van der Waals surface area contributed by atoms with Crippen LogP contribution in [0.15, 0.2) is 0 Å². The maximum Gasteiger partial charge on any atom is 0.136 e. The second-order valence-corrected chi connectivity index (χ2v) is 4.79. The van der Waals surface area contributed by atoms with E-state index >= 15 is 0 Å². The number of H-pyrrole nitrogens is 1. The van der Waals surface area contributed by atoms with Crippen LogP contribution >= 0.6 is 46.4 Å². The highest BCUT2D eigenvalue weighted by Gasteiger charge is 2.19. The number of fused-ring (bicyclic) bond motifs is 1. The van der Waals surface area contributed by atoms with Crippen LogP contribution in [0, 0.1) is 0 Å². The van der Waals surface area contributed by atoms with Gasteiger partial charge in [0.1, 0.15) is 17.4 Å². The van der Waals surface area contributed by atoms with Crippen LogP contribution in [0.4, 0.5) is 0 Å². The zero-order chi connectivity index (χ0) is 12.0. The summed E-state index contributed by atoms with van der Waals surface area (Å²) in [6.45, 7) is 1.57. The third-order valence-corrected chi connectivity index (χ3v) is 3.92. The van der Waals surface area contributed by atoms with Crippen LogP contribution in [-0.4, -0.2) is 15.1 Å². The molecule has 0 aliphatic carbocycles. The highest BCUT2D eigenvalue weighted by Crippen LogP contribution is 2.42. The van der Waals surface area contributed by atoms with E-state index in [1.807, 2.05) is 0 Å². The highest BCUT2D eigenvalue weighted by molar-refractivity contribution is 6.54. The Kier molecular flexibility index (Phi) is 3.25. The minimum absolute atomic E-state index is 0.157. The van der Waals surface area contributed by atoms with E-state index in [1.165, 1.54) is 0 Å². The van der Waals surface area contributed by atoms with Gasteiger partial charge in [-0.1, -0.05) is 46.4 Å². The van der Waals surface area contributed by atoms with Crippen molar-refractivity contribution in [3.63, 3.8) is 0 Å². The van der Waals surface area contributed by atoms with Gasteiger partial charge in [-0.15, -0.1) is 0 Å². The summed E-state index contributed by atoms with van der Waals surface area (Å²) >= 11 is 23.8. The number of aliphatic hydroxyl groups excluding tert-OH is 1. The van der Waals surface area contributed by atoms with E-state index in [-0.39, 0.29) is 20.1 Å². The van der Waals surface area contributed by atoms with Crippen molar-refractivity contribution >= 4 is 57.4 Å². The molecule has 0 fully saturated rings. The molecule has 2 rings (SSSR count). The molecule has 0 aliphatic heterocycles. The van der Waals surface area contributed by atoms with Crippen molar-refractivity contribution in [2.45, 2.75) is 13.0 Å². The molecule has 0 bridgehead atoms. The number of rotatable bonds is 1. The summed E-state index contributed by atoms with van der Waals surface area (Å²) in [4.78, 5) is 6.96. The summed E-state index contributed by atoms with van der Waals surface area (Å²) in [5.41, 5.74) is 0.869. The Morgan fingerprint density at radius 2 is 1.62 bits per heavy atom. The van der Waals surface area contributed by atoms with Crippen LogP contribution in [0.5, 0.6) is 0 Å². The SMILES string of the molecule is CC(O)c1nc2c(Cl)c(Cl)c(Cl)c(Cl)c2[nH]1. The molecule has 0 saturated heterocycles. The quantitative estimate of drug-likeness (QED) is 0.611. The first-order valence-corrected chi connectivity index (χ1v) is 5.84. The van der Waals surface area contributed by atoms with E-state index in [4.69, 9.17) is 46.4 Å². The van der Waals surface area contributed by atoms with Crippen molar-refractivity contribution in [1.29, 1.82) is 0 Å². The normalized spacial score (nSPS) is 13.4. The zero-order valence-corrected chi connectivity index (χ0v) is 11.0. The molecule has 2 N–H and O–H groups in total. The molecule has 0 radical (unpaired) electrons. The van der Waals surface area contributed by atoms with Gasteiger partial charge in [-0.25, -0.2) is 4.98 Å². The van der Waals surface area contributed by atoms with Crippen LogP contribution in [0.25, 0.3) is 11.0 Å². The maximum absolute atomic E-state index is 9.40. The second kappa shape index (κ2) is 4.24. The first-order chi connectivity index (χ1) is 7.43. The Morgan fingerprint density at radius 3 is 2.19 bits per heavy atom. The standard InChI is InChI=1S/C9H6Cl4N2O/c1-2(16)9-14-7-5(12)3(10)4(11)6(13)8(7)15-9/h2,16H,1H3,(H,14,15). The first-order valence-electron chi connectivity index (χ1n) is 4.33. The highest BCUT2D eigenvalue weighted by atomic mass is 35.5. The summed E-state index contributed by atoms with van der Waals surface area (Å²) in [7, 11) is 0. The number of hydrogen-bond donors (Lipinski definition) is 2. The number of nitrogens with one attached hydrogen (secondary N) is 1. The number of imidazole rings is 1. The lowest BCUT2D eigenvalue weighted by atomic mass is 10.3. The van der Waals surface area contributed by atoms with Crippen molar-refractivity contribution < 1.29 is 5.11 Å². The van der Waals surface area contributed by atoms with Crippen LogP contribution in [0.3, 0.4) is 0 Å². The molecule has 3 nitrogen and oxygen atoms in total. The molecule has 1 aromatic carbocycles. The van der Waals surface area contributed by atoms with Crippen LogP contribution in [0.2, 0.25) is 20.1 Å². The Labute approximate surface area is 111 Å². The fourth-order valence-electron chi connectivity index (χ4n) is 1.31. The molecule has 1 heterocycles. The lowest BCUT2D eigenvalue weighted by molar-refractivity contribution is 0.190. The lowest BCUT2D eigenvalue weighted by Gasteiger charge is -2.02. The van der Waals surface area contributed by atoms with Crippen LogP contribution < -0.4 is 0 Å². The molecule has 0 amide bonds.